The summed E-state index contributed by atoms with van der Waals surface area (Å²) in [7, 11) is 0. The van der Waals surface area contributed by atoms with Crippen molar-refractivity contribution in [2.75, 3.05) is 13.2 Å². The van der Waals surface area contributed by atoms with Gasteiger partial charge in [0.1, 0.15) is 0 Å². The summed E-state index contributed by atoms with van der Waals surface area (Å²) < 4.78 is 5.46. The molecule has 0 aromatic rings. The second-order valence-corrected chi connectivity index (χ2v) is 21.8. The average molecular weight is 999 g/mol. The van der Waals surface area contributed by atoms with Crippen molar-refractivity contribution in [3.8, 4) is 0 Å². The average Bonchev–Trinajstić information content (AvgIpc) is 3.37. The zero-order valence-corrected chi connectivity index (χ0v) is 47.7. The molecule has 71 heavy (non-hydrogen) atoms. The van der Waals surface area contributed by atoms with E-state index in [0.717, 1.165) is 77.0 Å². The maximum Gasteiger partial charge on any atom is 0.305 e. The van der Waals surface area contributed by atoms with E-state index in [2.05, 4.69) is 43.5 Å². The van der Waals surface area contributed by atoms with E-state index in [-0.39, 0.29) is 18.5 Å². The number of rotatable bonds is 59. The van der Waals surface area contributed by atoms with Crippen LogP contribution in [0.2, 0.25) is 0 Å². The molecule has 0 aliphatic carbocycles. The van der Waals surface area contributed by atoms with Crippen molar-refractivity contribution in [2.24, 2.45) is 0 Å². The van der Waals surface area contributed by atoms with Gasteiger partial charge in [-0.1, -0.05) is 301 Å². The molecule has 0 fully saturated rings. The van der Waals surface area contributed by atoms with Crippen molar-refractivity contribution in [2.45, 2.75) is 353 Å². The lowest BCUT2D eigenvalue weighted by Gasteiger charge is -2.20. The number of allylic oxidation sites excluding steroid dienone is 5. The summed E-state index contributed by atoms with van der Waals surface area (Å²) in [5, 5.41) is 23.2. The third-order valence-electron chi connectivity index (χ3n) is 14.7. The van der Waals surface area contributed by atoms with Gasteiger partial charge in [-0.05, 0) is 64.2 Å². The molecule has 0 saturated carbocycles. The second-order valence-electron chi connectivity index (χ2n) is 21.8. The topological polar surface area (TPSA) is 95.9 Å². The molecule has 0 aromatic heterocycles. The van der Waals surface area contributed by atoms with Crippen LogP contribution in [0, 0.1) is 0 Å². The molecule has 0 aliphatic heterocycles. The zero-order chi connectivity index (χ0) is 51.4. The SMILES string of the molecule is CCCCCCCCCCCCCCCCCCCCCCC/C=C/C(O)C(CO)NC(=O)CCCCCCCC/C=C\C=C/CCCCCOC(=O)CCCCCCCCCCCCCCCCCC. The number of unbranched alkanes of at least 4 members (excludes halogenated alkanes) is 45. The Bertz CT molecular complexity index is 1150. The minimum Gasteiger partial charge on any atom is -0.466 e. The lowest BCUT2D eigenvalue weighted by atomic mass is 10.0. The van der Waals surface area contributed by atoms with E-state index in [0.29, 0.717) is 19.4 Å². The summed E-state index contributed by atoms with van der Waals surface area (Å²) in [5.41, 5.74) is 0. The fraction of sp³-hybridized carbons (Fsp3) is 0.877. The van der Waals surface area contributed by atoms with E-state index in [1.165, 1.54) is 238 Å². The van der Waals surface area contributed by atoms with E-state index < -0.39 is 12.1 Å². The van der Waals surface area contributed by atoms with Crippen LogP contribution in [0.25, 0.3) is 0 Å². The van der Waals surface area contributed by atoms with Gasteiger partial charge in [0.15, 0.2) is 0 Å². The molecule has 2 atom stereocenters. The molecule has 0 heterocycles. The molecule has 418 valence electrons. The van der Waals surface area contributed by atoms with Gasteiger partial charge in [0.05, 0.1) is 25.4 Å². The first-order valence-corrected chi connectivity index (χ1v) is 31.8. The Labute approximate surface area is 443 Å². The second kappa shape index (κ2) is 60.6. The predicted octanol–water partition coefficient (Wildman–Crippen LogP) is 20.0. The fourth-order valence-electron chi connectivity index (χ4n) is 9.80. The molecule has 0 radical (unpaired) electrons. The Hall–Kier alpha value is -1.92. The van der Waals surface area contributed by atoms with Crippen molar-refractivity contribution in [3.63, 3.8) is 0 Å². The third-order valence-corrected chi connectivity index (χ3v) is 14.7. The van der Waals surface area contributed by atoms with Crippen molar-refractivity contribution in [1.82, 2.24) is 5.32 Å². The van der Waals surface area contributed by atoms with Gasteiger partial charge in [0.2, 0.25) is 5.91 Å². The fourth-order valence-corrected chi connectivity index (χ4v) is 9.80. The van der Waals surface area contributed by atoms with Crippen molar-refractivity contribution in [1.29, 1.82) is 0 Å². The van der Waals surface area contributed by atoms with Gasteiger partial charge < -0.3 is 20.3 Å². The van der Waals surface area contributed by atoms with Gasteiger partial charge in [-0.25, -0.2) is 0 Å². The molecule has 6 heteroatoms. The van der Waals surface area contributed by atoms with Crippen molar-refractivity contribution >= 4 is 11.9 Å². The van der Waals surface area contributed by atoms with Crippen LogP contribution in [0.15, 0.2) is 36.5 Å². The highest BCUT2D eigenvalue weighted by Crippen LogP contribution is 2.18. The smallest absolute Gasteiger partial charge is 0.305 e. The molecule has 0 aliphatic rings. The van der Waals surface area contributed by atoms with Crippen LogP contribution in [-0.2, 0) is 14.3 Å². The Morgan fingerprint density at radius 1 is 0.394 bits per heavy atom. The standard InChI is InChI=1S/C65H123NO5/c1-3-5-7-9-11-13-15-17-19-21-22-23-24-25-26-27-29-33-37-41-45-49-53-57-63(68)62(61-67)66-64(69)58-54-50-46-42-38-34-30-28-32-36-40-44-48-52-56-60-71-65(70)59-55-51-47-43-39-35-31-20-18-16-14-12-10-8-6-4-2/h28,32,36,40,53,57,62-63,67-68H,3-27,29-31,33-35,37-39,41-52,54-56,58-61H2,1-2H3,(H,66,69)/b32-28-,40-36-,57-53+. The highest BCUT2D eigenvalue weighted by molar-refractivity contribution is 5.76. The van der Waals surface area contributed by atoms with E-state index in [4.69, 9.17) is 4.74 Å². The summed E-state index contributed by atoms with van der Waals surface area (Å²) in [6.45, 7) is 4.87. The largest absolute Gasteiger partial charge is 0.466 e. The molecule has 1 amide bonds. The van der Waals surface area contributed by atoms with Crippen LogP contribution in [0.3, 0.4) is 0 Å². The number of carbonyl (C=O) groups is 2. The summed E-state index contributed by atoms with van der Waals surface area (Å²) in [5.74, 6) is -0.106. The zero-order valence-electron chi connectivity index (χ0n) is 47.7. The number of amides is 1. The molecule has 0 spiro atoms. The molecule has 0 bridgehead atoms. The van der Waals surface area contributed by atoms with Gasteiger partial charge in [0, 0.05) is 12.8 Å². The molecule has 6 nitrogen and oxygen atoms in total. The van der Waals surface area contributed by atoms with Crippen LogP contribution < -0.4 is 5.32 Å². The summed E-state index contributed by atoms with van der Waals surface area (Å²) in [6.07, 6.45) is 76.2. The van der Waals surface area contributed by atoms with Gasteiger partial charge in [0.25, 0.3) is 0 Å². The predicted molar refractivity (Wildman–Crippen MR) is 310 cm³/mol. The van der Waals surface area contributed by atoms with Crippen LogP contribution >= 0.6 is 0 Å². The van der Waals surface area contributed by atoms with Crippen molar-refractivity contribution in [3.05, 3.63) is 36.5 Å². The number of ether oxygens (including phenoxy) is 1. The Kier molecular flexibility index (Phi) is 59.0. The number of esters is 1. The quantitative estimate of drug-likeness (QED) is 0.0244. The van der Waals surface area contributed by atoms with Gasteiger partial charge in [-0.2, -0.15) is 0 Å². The molecule has 3 N–H and O–H groups in total. The minimum atomic E-state index is -0.860. The minimum absolute atomic E-state index is 0.0189. The highest BCUT2D eigenvalue weighted by atomic mass is 16.5. The highest BCUT2D eigenvalue weighted by Gasteiger charge is 2.18. The van der Waals surface area contributed by atoms with Crippen LogP contribution in [0.5, 0.6) is 0 Å². The van der Waals surface area contributed by atoms with E-state index in [9.17, 15) is 19.8 Å². The van der Waals surface area contributed by atoms with Gasteiger partial charge in [-0.3, -0.25) is 9.59 Å². The summed E-state index contributed by atoms with van der Waals surface area (Å²) >= 11 is 0. The number of hydrogen-bond donors (Lipinski definition) is 3. The maximum absolute atomic E-state index is 12.5. The normalized spacial score (nSPS) is 12.8. The summed E-state index contributed by atoms with van der Waals surface area (Å²) in [4.78, 5) is 24.6. The van der Waals surface area contributed by atoms with E-state index in [1.807, 2.05) is 6.08 Å². The first kappa shape index (κ1) is 69.1. The molecule has 0 rings (SSSR count). The molecular formula is C65H123NO5. The number of aliphatic hydroxyl groups is 2. The number of nitrogens with one attached hydrogen (secondary N) is 1. The van der Waals surface area contributed by atoms with Crippen LogP contribution in [-0.4, -0.2) is 47.4 Å². The number of aliphatic hydroxyl groups excluding tert-OH is 2. The van der Waals surface area contributed by atoms with Gasteiger partial charge >= 0.3 is 5.97 Å². The van der Waals surface area contributed by atoms with Crippen LogP contribution in [0.1, 0.15) is 341 Å². The molecule has 0 aromatic carbocycles. The van der Waals surface area contributed by atoms with Crippen LogP contribution in [0.4, 0.5) is 0 Å². The first-order valence-electron chi connectivity index (χ1n) is 31.8. The third kappa shape index (κ3) is 57.2. The monoisotopic (exact) mass is 998 g/mol. The molecule has 0 saturated heterocycles. The molecular weight excluding hydrogens is 875 g/mol. The number of hydrogen-bond acceptors (Lipinski definition) is 5. The summed E-state index contributed by atoms with van der Waals surface area (Å²) in [6, 6.07) is -0.646. The lowest BCUT2D eigenvalue weighted by Crippen LogP contribution is -2.45. The molecule has 2 unspecified atom stereocenters. The Balaban J connectivity index is 3.52. The maximum atomic E-state index is 12.5. The number of carbonyl (C=O) groups excluding carboxylic acids is 2. The van der Waals surface area contributed by atoms with E-state index >= 15 is 0 Å². The Morgan fingerprint density at radius 2 is 0.690 bits per heavy atom. The van der Waals surface area contributed by atoms with Gasteiger partial charge in [-0.15, -0.1) is 0 Å². The van der Waals surface area contributed by atoms with E-state index in [1.54, 1.807) is 6.08 Å². The first-order chi connectivity index (χ1) is 35.0. The van der Waals surface area contributed by atoms with Crippen molar-refractivity contribution < 1.29 is 24.5 Å². The lowest BCUT2D eigenvalue weighted by molar-refractivity contribution is -0.143. The Morgan fingerprint density at radius 3 is 1.04 bits per heavy atom.